The smallest absolute Gasteiger partial charge is 0.00967 e. The monoisotopic (exact) mass is 272 g/mol. The molecule has 2 fully saturated rings. The van der Waals surface area contributed by atoms with Gasteiger partial charge in [0.15, 0.2) is 0 Å². The van der Waals surface area contributed by atoms with Crippen LogP contribution in [0.3, 0.4) is 0 Å². The average molecular weight is 272 g/mol. The van der Waals surface area contributed by atoms with E-state index >= 15 is 0 Å². The average Bonchev–Trinajstić information content (AvgIpc) is 3.33. The highest BCUT2D eigenvalue weighted by Gasteiger charge is 2.31. The van der Waals surface area contributed by atoms with Gasteiger partial charge in [-0.2, -0.15) is 0 Å². The molecule has 0 spiro atoms. The molecular weight excluding hydrogens is 244 g/mol. The van der Waals surface area contributed by atoms with E-state index in [1.807, 2.05) is 0 Å². The topological polar surface area (TPSA) is 15.3 Å². The lowest BCUT2D eigenvalue weighted by atomic mass is 9.97. The van der Waals surface area contributed by atoms with Crippen LogP contribution in [-0.4, -0.2) is 37.1 Å². The molecule has 1 aromatic carbocycles. The highest BCUT2D eigenvalue weighted by molar-refractivity contribution is 5.19. The highest BCUT2D eigenvalue weighted by Crippen LogP contribution is 2.30. The number of hydrogen-bond donors (Lipinski definition) is 1. The summed E-state index contributed by atoms with van der Waals surface area (Å²) < 4.78 is 0. The number of rotatable bonds is 6. The second-order valence-electron chi connectivity index (χ2n) is 6.71. The first kappa shape index (κ1) is 14.1. The molecule has 1 aliphatic carbocycles. The van der Waals surface area contributed by atoms with Crippen LogP contribution in [0.1, 0.15) is 44.1 Å². The van der Waals surface area contributed by atoms with Crippen molar-refractivity contribution in [3.63, 3.8) is 0 Å². The Morgan fingerprint density at radius 1 is 1.20 bits per heavy atom. The fourth-order valence-electron chi connectivity index (χ4n) is 3.46. The molecule has 0 radical (unpaired) electrons. The van der Waals surface area contributed by atoms with E-state index < -0.39 is 0 Å². The van der Waals surface area contributed by atoms with Crippen molar-refractivity contribution < 1.29 is 0 Å². The molecule has 1 aromatic rings. The summed E-state index contributed by atoms with van der Waals surface area (Å²) in [6.45, 7) is 7.35. The fourth-order valence-corrected chi connectivity index (χ4v) is 3.46. The third-order valence-electron chi connectivity index (χ3n) is 4.83. The highest BCUT2D eigenvalue weighted by atomic mass is 15.2. The lowest BCUT2D eigenvalue weighted by Gasteiger charge is -2.32. The number of nitrogens with zero attached hydrogens (tertiary/aromatic N) is 1. The summed E-state index contributed by atoms with van der Waals surface area (Å²) in [6, 6.07) is 11.9. The number of nitrogens with one attached hydrogen (secondary N) is 1. The van der Waals surface area contributed by atoms with Gasteiger partial charge in [-0.25, -0.2) is 0 Å². The Labute approximate surface area is 123 Å². The molecule has 2 atom stereocenters. The second kappa shape index (κ2) is 6.73. The molecule has 0 bridgehead atoms. The predicted molar refractivity (Wildman–Crippen MR) is 85.0 cm³/mol. The molecule has 2 nitrogen and oxygen atoms in total. The van der Waals surface area contributed by atoms with Crippen LogP contribution in [0.25, 0.3) is 0 Å². The Bertz CT molecular complexity index is 393. The quantitative estimate of drug-likeness (QED) is 0.855. The SMILES string of the molecule is CC(CN(CC1CCCNC1)C1CC1)c1ccccc1. The van der Waals surface area contributed by atoms with Gasteiger partial charge in [-0.1, -0.05) is 37.3 Å². The van der Waals surface area contributed by atoms with Crippen molar-refractivity contribution >= 4 is 0 Å². The van der Waals surface area contributed by atoms with Crippen molar-refractivity contribution in [2.45, 2.75) is 44.6 Å². The summed E-state index contributed by atoms with van der Waals surface area (Å²) in [4.78, 5) is 2.77. The minimum Gasteiger partial charge on any atom is -0.316 e. The molecule has 2 heteroatoms. The maximum Gasteiger partial charge on any atom is 0.00967 e. The molecule has 0 amide bonds. The van der Waals surface area contributed by atoms with Gasteiger partial charge in [0.1, 0.15) is 0 Å². The molecule has 1 saturated heterocycles. The van der Waals surface area contributed by atoms with Gasteiger partial charge >= 0.3 is 0 Å². The van der Waals surface area contributed by atoms with E-state index in [-0.39, 0.29) is 0 Å². The minimum atomic E-state index is 0.647. The van der Waals surface area contributed by atoms with Crippen molar-refractivity contribution in [1.29, 1.82) is 0 Å². The summed E-state index contributed by atoms with van der Waals surface area (Å²) >= 11 is 0. The Morgan fingerprint density at radius 3 is 2.65 bits per heavy atom. The van der Waals surface area contributed by atoms with E-state index in [9.17, 15) is 0 Å². The zero-order valence-electron chi connectivity index (χ0n) is 12.7. The number of benzene rings is 1. The molecule has 20 heavy (non-hydrogen) atoms. The first-order chi connectivity index (χ1) is 9.83. The third-order valence-corrected chi connectivity index (χ3v) is 4.83. The third kappa shape index (κ3) is 3.83. The second-order valence-corrected chi connectivity index (χ2v) is 6.71. The lowest BCUT2D eigenvalue weighted by Crippen LogP contribution is -2.40. The first-order valence-electron chi connectivity index (χ1n) is 8.32. The normalized spacial score (nSPS) is 24.8. The van der Waals surface area contributed by atoms with Gasteiger partial charge in [-0.3, -0.25) is 4.90 Å². The van der Waals surface area contributed by atoms with Gasteiger partial charge in [-0.05, 0) is 56.2 Å². The van der Waals surface area contributed by atoms with Crippen molar-refractivity contribution in [3.05, 3.63) is 35.9 Å². The molecule has 1 heterocycles. The summed E-state index contributed by atoms with van der Waals surface area (Å²) in [7, 11) is 0. The maximum absolute atomic E-state index is 3.56. The lowest BCUT2D eigenvalue weighted by molar-refractivity contribution is 0.192. The van der Waals surface area contributed by atoms with E-state index in [1.54, 1.807) is 0 Å². The molecule has 2 aliphatic rings. The van der Waals surface area contributed by atoms with Gasteiger partial charge < -0.3 is 5.32 Å². The zero-order valence-corrected chi connectivity index (χ0v) is 12.7. The van der Waals surface area contributed by atoms with Crippen LogP contribution in [0.15, 0.2) is 30.3 Å². The molecule has 1 saturated carbocycles. The van der Waals surface area contributed by atoms with Crippen molar-refractivity contribution in [1.82, 2.24) is 10.2 Å². The Morgan fingerprint density at radius 2 is 2.00 bits per heavy atom. The van der Waals surface area contributed by atoms with E-state index in [2.05, 4.69) is 47.5 Å². The van der Waals surface area contributed by atoms with Gasteiger partial charge in [0.25, 0.3) is 0 Å². The Kier molecular flexibility index (Phi) is 4.74. The first-order valence-corrected chi connectivity index (χ1v) is 8.32. The molecule has 3 rings (SSSR count). The molecule has 2 unspecified atom stereocenters. The predicted octanol–water partition coefficient (Wildman–Crippen LogP) is 3.25. The molecule has 0 aromatic heterocycles. The van der Waals surface area contributed by atoms with Crippen molar-refractivity contribution in [2.75, 3.05) is 26.2 Å². The van der Waals surface area contributed by atoms with Crippen molar-refractivity contribution in [3.8, 4) is 0 Å². The van der Waals surface area contributed by atoms with E-state index in [0.29, 0.717) is 5.92 Å². The Hall–Kier alpha value is -0.860. The van der Waals surface area contributed by atoms with Crippen LogP contribution in [0.5, 0.6) is 0 Å². The number of piperidine rings is 1. The zero-order chi connectivity index (χ0) is 13.8. The fraction of sp³-hybridized carbons (Fsp3) is 0.667. The van der Waals surface area contributed by atoms with Crippen LogP contribution in [0.4, 0.5) is 0 Å². The minimum absolute atomic E-state index is 0.647. The summed E-state index contributed by atoms with van der Waals surface area (Å²) in [6.07, 6.45) is 5.61. The van der Waals surface area contributed by atoms with Crippen LogP contribution in [0.2, 0.25) is 0 Å². The summed E-state index contributed by atoms with van der Waals surface area (Å²) in [5, 5.41) is 3.56. The van der Waals surface area contributed by atoms with Crippen LogP contribution < -0.4 is 5.32 Å². The van der Waals surface area contributed by atoms with E-state index in [4.69, 9.17) is 0 Å². The van der Waals surface area contributed by atoms with E-state index in [0.717, 1.165) is 12.0 Å². The number of hydrogen-bond acceptors (Lipinski definition) is 2. The Balaban J connectivity index is 1.56. The van der Waals surface area contributed by atoms with Gasteiger partial charge in [-0.15, -0.1) is 0 Å². The van der Waals surface area contributed by atoms with Gasteiger partial charge in [0.2, 0.25) is 0 Å². The van der Waals surface area contributed by atoms with Gasteiger partial charge in [0, 0.05) is 19.1 Å². The molecule has 110 valence electrons. The maximum atomic E-state index is 3.56. The molecular formula is C18H28N2. The largest absolute Gasteiger partial charge is 0.316 e. The van der Waals surface area contributed by atoms with Crippen LogP contribution in [-0.2, 0) is 0 Å². The molecule has 1 N–H and O–H groups in total. The molecule has 1 aliphatic heterocycles. The van der Waals surface area contributed by atoms with Gasteiger partial charge in [0.05, 0.1) is 0 Å². The van der Waals surface area contributed by atoms with Crippen LogP contribution >= 0.6 is 0 Å². The van der Waals surface area contributed by atoms with E-state index in [1.165, 1.54) is 57.4 Å². The summed E-state index contributed by atoms with van der Waals surface area (Å²) in [5.74, 6) is 1.51. The standard InChI is InChI=1S/C18H28N2/c1-15(17-7-3-2-4-8-17)13-20(18-9-10-18)14-16-6-5-11-19-12-16/h2-4,7-8,15-16,18-19H,5-6,9-14H2,1H3. The van der Waals surface area contributed by atoms with Crippen LogP contribution in [0, 0.1) is 5.92 Å². The van der Waals surface area contributed by atoms with Crippen molar-refractivity contribution in [2.24, 2.45) is 5.92 Å². The summed E-state index contributed by atoms with van der Waals surface area (Å²) in [5.41, 5.74) is 1.49.